The first kappa shape index (κ1) is 15.0. The SMILES string of the molecule is C[C@@H](NCC(=O)NC1CCCCCC1)c1cccnc1. The van der Waals surface area contributed by atoms with Gasteiger partial charge in [0.1, 0.15) is 0 Å². The second-order valence-electron chi connectivity index (χ2n) is 5.64. The van der Waals surface area contributed by atoms with Gasteiger partial charge in [0, 0.05) is 24.5 Å². The Morgan fingerprint density at radius 3 is 2.75 bits per heavy atom. The monoisotopic (exact) mass is 275 g/mol. The Morgan fingerprint density at radius 1 is 1.35 bits per heavy atom. The summed E-state index contributed by atoms with van der Waals surface area (Å²) in [5.41, 5.74) is 1.11. The van der Waals surface area contributed by atoms with E-state index in [1.807, 2.05) is 18.3 Å². The van der Waals surface area contributed by atoms with Crippen LogP contribution in [-0.2, 0) is 4.79 Å². The lowest BCUT2D eigenvalue weighted by Crippen LogP contribution is -2.40. The number of amides is 1. The second-order valence-corrected chi connectivity index (χ2v) is 5.64. The van der Waals surface area contributed by atoms with Crippen molar-refractivity contribution >= 4 is 5.91 Å². The molecule has 0 bridgehead atoms. The fourth-order valence-electron chi connectivity index (χ4n) is 2.70. The van der Waals surface area contributed by atoms with E-state index in [2.05, 4.69) is 22.5 Å². The largest absolute Gasteiger partial charge is 0.352 e. The normalized spacial score (nSPS) is 18.2. The van der Waals surface area contributed by atoms with Crippen molar-refractivity contribution < 1.29 is 4.79 Å². The predicted octanol–water partition coefficient (Wildman–Crippen LogP) is 2.57. The summed E-state index contributed by atoms with van der Waals surface area (Å²) in [5, 5.41) is 6.40. The molecule has 1 aliphatic carbocycles. The molecule has 1 fully saturated rings. The van der Waals surface area contributed by atoms with Gasteiger partial charge in [0.2, 0.25) is 5.91 Å². The zero-order valence-corrected chi connectivity index (χ0v) is 12.3. The van der Waals surface area contributed by atoms with Gasteiger partial charge in [-0.25, -0.2) is 0 Å². The molecule has 1 heterocycles. The summed E-state index contributed by atoms with van der Waals surface area (Å²) in [6.45, 7) is 2.42. The number of rotatable bonds is 5. The molecule has 20 heavy (non-hydrogen) atoms. The Kier molecular flexibility index (Phi) is 5.99. The Hall–Kier alpha value is -1.42. The third kappa shape index (κ3) is 4.93. The van der Waals surface area contributed by atoms with Gasteiger partial charge in [-0.3, -0.25) is 9.78 Å². The van der Waals surface area contributed by atoms with Gasteiger partial charge in [-0.1, -0.05) is 31.7 Å². The molecule has 1 aromatic rings. The van der Waals surface area contributed by atoms with Crippen LogP contribution in [0.3, 0.4) is 0 Å². The van der Waals surface area contributed by atoms with Crippen LogP contribution in [-0.4, -0.2) is 23.5 Å². The highest BCUT2D eigenvalue weighted by Crippen LogP contribution is 2.17. The molecule has 1 amide bonds. The Labute approximate surface area is 121 Å². The van der Waals surface area contributed by atoms with Gasteiger partial charge in [-0.15, -0.1) is 0 Å². The molecule has 0 radical (unpaired) electrons. The van der Waals surface area contributed by atoms with E-state index < -0.39 is 0 Å². The van der Waals surface area contributed by atoms with Crippen molar-refractivity contribution in [1.82, 2.24) is 15.6 Å². The molecule has 4 heteroatoms. The summed E-state index contributed by atoms with van der Waals surface area (Å²) in [6.07, 6.45) is 10.9. The third-order valence-corrected chi connectivity index (χ3v) is 3.97. The average molecular weight is 275 g/mol. The van der Waals surface area contributed by atoms with E-state index in [1.54, 1.807) is 6.20 Å². The molecule has 2 rings (SSSR count). The molecule has 110 valence electrons. The quantitative estimate of drug-likeness (QED) is 0.812. The van der Waals surface area contributed by atoms with Crippen molar-refractivity contribution in [2.75, 3.05) is 6.54 Å². The van der Waals surface area contributed by atoms with Crippen LogP contribution in [0.1, 0.15) is 57.1 Å². The lowest BCUT2D eigenvalue weighted by molar-refractivity contribution is -0.121. The van der Waals surface area contributed by atoms with E-state index in [0.717, 1.165) is 18.4 Å². The molecule has 0 saturated heterocycles. The summed E-state index contributed by atoms with van der Waals surface area (Å²) >= 11 is 0. The molecule has 4 nitrogen and oxygen atoms in total. The summed E-state index contributed by atoms with van der Waals surface area (Å²) in [5.74, 6) is 0.104. The van der Waals surface area contributed by atoms with E-state index in [-0.39, 0.29) is 11.9 Å². The van der Waals surface area contributed by atoms with Crippen molar-refractivity contribution in [2.45, 2.75) is 57.5 Å². The van der Waals surface area contributed by atoms with Gasteiger partial charge in [0.05, 0.1) is 6.54 Å². The molecule has 1 aliphatic rings. The molecular weight excluding hydrogens is 250 g/mol. The molecule has 0 spiro atoms. The second kappa shape index (κ2) is 8.00. The summed E-state index contributed by atoms with van der Waals surface area (Å²) < 4.78 is 0. The first-order valence-corrected chi connectivity index (χ1v) is 7.68. The topological polar surface area (TPSA) is 54.0 Å². The Balaban J connectivity index is 1.71. The van der Waals surface area contributed by atoms with E-state index >= 15 is 0 Å². The number of hydrogen-bond donors (Lipinski definition) is 2. The van der Waals surface area contributed by atoms with Crippen LogP contribution < -0.4 is 10.6 Å². The van der Waals surface area contributed by atoms with E-state index in [9.17, 15) is 4.79 Å². The van der Waals surface area contributed by atoms with E-state index in [4.69, 9.17) is 0 Å². The van der Waals surface area contributed by atoms with Gasteiger partial charge in [-0.2, -0.15) is 0 Å². The molecule has 1 atom stereocenters. The van der Waals surface area contributed by atoms with Crippen molar-refractivity contribution in [2.24, 2.45) is 0 Å². The standard InChI is InChI=1S/C16H25N3O/c1-13(14-7-6-10-17-11-14)18-12-16(20)19-15-8-4-2-3-5-9-15/h6-7,10-11,13,15,18H,2-5,8-9,12H2,1H3,(H,19,20)/t13-/m1/s1. The highest BCUT2D eigenvalue weighted by Gasteiger charge is 2.15. The maximum absolute atomic E-state index is 12.0. The maximum atomic E-state index is 12.0. The molecule has 0 aliphatic heterocycles. The van der Waals surface area contributed by atoms with Crippen LogP contribution in [0.25, 0.3) is 0 Å². The Morgan fingerprint density at radius 2 is 2.10 bits per heavy atom. The van der Waals surface area contributed by atoms with Gasteiger partial charge in [0.15, 0.2) is 0 Å². The van der Waals surface area contributed by atoms with Gasteiger partial charge >= 0.3 is 0 Å². The fraction of sp³-hybridized carbons (Fsp3) is 0.625. The van der Waals surface area contributed by atoms with E-state index in [1.165, 1.54) is 25.7 Å². The number of nitrogens with one attached hydrogen (secondary N) is 2. The molecule has 1 aromatic heterocycles. The van der Waals surface area contributed by atoms with Crippen molar-refractivity contribution in [1.29, 1.82) is 0 Å². The van der Waals surface area contributed by atoms with Gasteiger partial charge < -0.3 is 10.6 Å². The lowest BCUT2D eigenvalue weighted by Gasteiger charge is -2.18. The summed E-state index contributed by atoms with van der Waals surface area (Å²) in [6, 6.07) is 4.46. The van der Waals surface area contributed by atoms with Crippen LogP contribution in [0.5, 0.6) is 0 Å². The molecule has 1 saturated carbocycles. The van der Waals surface area contributed by atoms with Crippen LogP contribution in [0.4, 0.5) is 0 Å². The molecular formula is C16H25N3O. The number of aromatic nitrogens is 1. The zero-order chi connectivity index (χ0) is 14.2. The Bertz CT molecular complexity index is 399. The fourth-order valence-corrected chi connectivity index (χ4v) is 2.70. The van der Waals surface area contributed by atoms with Crippen LogP contribution in [0.15, 0.2) is 24.5 Å². The number of hydrogen-bond acceptors (Lipinski definition) is 3. The highest BCUT2D eigenvalue weighted by molar-refractivity contribution is 5.78. The predicted molar refractivity (Wildman–Crippen MR) is 80.3 cm³/mol. The molecule has 0 unspecified atom stereocenters. The average Bonchev–Trinajstić information content (AvgIpc) is 2.74. The van der Waals surface area contributed by atoms with E-state index in [0.29, 0.717) is 12.6 Å². The first-order valence-electron chi connectivity index (χ1n) is 7.68. The molecule has 2 N–H and O–H groups in total. The number of carbonyl (C=O) groups is 1. The van der Waals surface area contributed by atoms with Gasteiger partial charge in [-0.05, 0) is 31.4 Å². The first-order chi connectivity index (χ1) is 9.75. The van der Waals surface area contributed by atoms with Crippen LogP contribution in [0.2, 0.25) is 0 Å². The number of nitrogens with zero attached hydrogens (tertiary/aromatic N) is 1. The highest BCUT2D eigenvalue weighted by atomic mass is 16.1. The third-order valence-electron chi connectivity index (χ3n) is 3.97. The minimum atomic E-state index is 0.104. The van der Waals surface area contributed by atoms with Crippen molar-refractivity contribution in [3.05, 3.63) is 30.1 Å². The van der Waals surface area contributed by atoms with Crippen molar-refractivity contribution in [3.63, 3.8) is 0 Å². The summed E-state index contributed by atoms with van der Waals surface area (Å²) in [7, 11) is 0. The van der Waals surface area contributed by atoms with Crippen molar-refractivity contribution in [3.8, 4) is 0 Å². The number of carbonyl (C=O) groups excluding carboxylic acids is 1. The zero-order valence-electron chi connectivity index (χ0n) is 12.3. The lowest BCUT2D eigenvalue weighted by atomic mass is 10.1. The minimum Gasteiger partial charge on any atom is -0.352 e. The smallest absolute Gasteiger partial charge is 0.234 e. The number of pyridine rings is 1. The van der Waals surface area contributed by atoms with Gasteiger partial charge in [0.25, 0.3) is 0 Å². The minimum absolute atomic E-state index is 0.104. The van der Waals surface area contributed by atoms with Crippen LogP contribution >= 0.6 is 0 Å². The summed E-state index contributed by atoms with van der Waals surface area (Å²) in [4.78, 5) is 16.1. The molecule has 0 aromatic carbocycles. The maximum Gasteiger partial charge on any atom is 0.234 e. The van der Waals surface area contributed by atoms with Crippen LogP contribution in [0, 0.1) is 0 Å².